The average Bonchev–Trinajstić information content (AvgIpc) is 2.46. The maximum absolute atomic E-state index is 13.1. The molecule has 2 aromatic carbocycles. The van der Waals surface area contributed by atoms with E-state index in [9.17, 15) is 12.8 Å². The molecule has 1 atom stereocenters. The third-order valence-electron chi connectivity index (χ3n) is 3.38. The lowest BCUT2D eigenvalue weighted by Crippen LogP contribution is -2.30. The summed E-state index contributed by atoms with van der Waals surface area (Å²) in [5.74, 6) is -0.572. The first kappa shape index (κ1) is 15.9. The maximum atomic E-state index is 13.1. The van der Waals surface area contributed by atoms with Gasteiger partial charge in [0.05, 0.1) is 5.02 Å². The van der Waals surface area contributed by atoms with Crippen molar-refractivity contribution in [2.75, 3.05) is 7.05 Å². The zero-order valence-corrected chi connectivity index (χ0v) is 13.2. The van der Waals surface area contributed by atoms with Crippen LogP contribution in [0.5, 0.6) is 0 Å². The molecule has 0 radical (unpaired) electrons. The summed E-state index contributed by atoms with van der Waals surface area (Å²) in [6.07, 6.45) is 0. The van der Waals surface area contributed by atoms with Crippen LogP contribution in [0.1, 0.15) is 18.5 Å². The number of nitrogens with zero attached hydrogens (tertiary/aromatic N) is 1. The molecule has 0 aliphatic heterocycles. The van der Waals surface area contributed by atoms with E-state index in [4.69, 9.17) is 11.6 Å². The predicted octanol–water partition coefficient (Wildman–Crippen LogP) is 3.86. The molecule has 0 saturated heterocycles. The van der Waals surface area contributed by atoms with Gasteiger partial charge in [0.15, 0.2) is 0 Å². The molecule has 0 amide bonds. The molecule has 2 aromatic rings. The second-order valence-corrected chi connectivity index (χ2v) is 7.06. The van der Waals surface area contributed by atoms with Crippen molar-refractivity contribution in [1.29, 1.82) is 0 Å². The van der Waals surface area contributed by atoms with Gasteiger partial charge in [0.1, 0.15) is 10.7 Å². The van der Waals surface area contributed by atoms with Gasteiger partial charge < -0.3 is 0 Å². The highest BCUT2D eigenvalue weighted by molar-refractivity contribution is 7.89. The highest BCUT2D eigenvalue weighted by Crippen LogP contribution is 2.29. The monoisotopic (exact) mass is 327 g/mol. The minimum Gasteiger partial charge on any atom is -0.207 e. The van der Waals surface area contributed by atoms with Gasteiger partial charge in [-0.05, 0) is 30.7 Å². The molecule has 0 aromatic heterocycles. The molecular weight excluding hydrogens is 313 g/mol. The van der Waals surface area contributed by atoms with E-state index in [1.54, 1.807) is 6.92 Å². The number of benzene rings is 2. The summed E-state index contributed by atoms with van der Waals surface area (Å²) in [7, 11) is -2.32. The van der Waals surface area contributed by atoms with E-state index in [1.807, 2.05) is 30.3 Å². The van der Waals surface area contributed by atoms with Crippen LogP contribution in [0.15, 0.2) is 53.4 Å². The van der Waals surface area contributed by atoms with Crippen LogP contribution in [0.2, 0.25) is 5.02 Å². The molecule has 3 nitrogen and oxygen atoms in total. The second-order valence-electron chi connectivity index (χ2n) is 4.68. The summed E-state index contributed by atoms with van der Waals surface area (Å²) in [5.41, 5.74) is 0.863. The molecule has 0 aliphatic rings. The van der Waals surface area contributed by atoms with Crippen LogP contribution in [-0.2, 0) is 10.0 Å². The minimum atomic E-state index is -3.80. The summed E-state index contributed by atoms with van der Waals surface area (Å²) >= 11 is 5.86. The Morgan fingerprint density at radius 2 is 1.76 bits per heavy atom. The molecule has 0 N–H and O–H groups in total. The van der Waals surface area contributed by atoms with E-state index in [0.29, 0.717) is 0 Å². The summed E-state index contributed by atoms with van der Waals surface area (Å²) < 4.78 is 39.5. The van der Waals surface area contributed by atoms with Crippen LogP contribution in [0.4, 0.5) is 4.39 Å². The molecule has 6 heteroatoms. The fourth-order valence-corrected chi connectivity index (χ4v) is 3.84. The fraction of sp³-hybridized carbons (Fsp3) is 0.200. The lowest BCUT2D eigenvalue weighted by molar-refractivity contribution is 0.398. The third-order valence-corrected chi connectivity index (χ3v) is 5.79. The second kappa shape index (κ2) is 6.13. The minimum absolute atomic E-state index is 0.101. The topological polar surface area (TPSA) is 37.4 Å². The van der Waals surface area contributed by atoms with Crippen LogP contribution < -0.4 is 0 Å². The highest BCUT2D eigenvalue weighted by atomic mass is 35.5. The molecule has 1 unspecified atom stereocenters. The van der Waals surface area contributed by atoms with E-state index in [-0.39, 0.29) is 16.0 Å². The number of hydrogen-bond acceptors (Lipinski definition) is 2. The van der Waals surface area contributed by atoms with E-state index in [2.05, 4.69) is 0 Å². The Bertz CT molecular complexity index is 735. The van der Waals surface area contributed by atoms with Crippen molar-refractivity contribution in [2.24, 2.45) is 0 Å². The molecule has 0 aliphatic carbocycles. The lowest BCUT2D eigenvalue weighted by atomic mass is 10.1. The zero-order chi connectivity index (χ0) is 15.6. The van der Waals surface area contributed by atoms with Crippen LogP contribution in [0, 0.1) is 5.82 Å². The van der Waals surface area contributed by atoms with Gasteiger partial charge in [-0.3, -0.25) is 0 Å². The van der Waals surface area contributed by atoms with E-state index in [0.717, 1.165) is 17.7 Å². The van der Waals surface area contributed by atoms with Gasteiger partial charge in [-0.2, -0.15) is 4.31 Å². The van der Waals surface area contributed by atoms with Crippen molar-refractivity contribution in [3.05, 3.63) is 64.9 Å². The maximum Gasteiger partial charge on any atom is 0.244 e. The summed E-state index contributed by atoms with van der Waals surface area (Å²) in [4.78, 5) is -0.101. The Labute approximate surface area is 129 Å². The third kappa shape index (κ3) is 3.26. The van der Waals surface area contributed by atoms with Crippen LogP contribution in [0.25, 0.3) is 0 Å². The summed E-state index contributed by atoms with van der Waals surface area (Å²) in [6.45, 7) is 1.78. The molecule has 0 heterocycles. The van der Waals surface area contributed by atoms with Gasteiger partial charge in [0, 0.05) is 13.1 Å². The predicted molar refractivity (Wildman–Crippen MR) is 81.2 cm³/mol. The SMILES string of the molecule is CC(c1ccccc1)N(C)S(=O)(=O)c1ccc(F)cc1Cl. The highest BCUT2D eigenvalue weighted by Gasteiger charge is 2.28. The summed E-state index contributed by atoms with van der Waals surface area (Å²) in [6, 6.07) is 12.1. The van der Waals surface area contributed by atoms with Crippen molar-refractivity contribution in [2.45, 2.75) is 17.9 Å². The number of sulfonamides is 1. The first-order chi connectivity index (χ1) is 9.84. The largest absolute Gasteiger partial charge is 0.244 e. The van der Waals surface area contributed by atoms with Crippen molar-refractivity contribution < 1.29 is 12.8 Å². The molecule has 2 rings (SSSR count). The average molecular weight is 328 g/mol. The lowest BCUT2D eigenvalue weighted by Gasteiger charge is -2.25. The zero-order valence-electron chi connectivity index (χ0n) is 11.6. The van der Waals surface area contributed by atoms with Gasteiger partial charge in [-0.15, -0.1) is 0 Å². The normalized spacial score (nSPS) is 13.4. The van der Waals surface area contributed by atoms with Crippen molar-refractivity contribution in [3.63, 3.8) is 0 Å². The molecule has 0 fully saturated rings. The molecule has 0 saturated carbocycles. The number of hydrogen-bond donors (Lipinski definition) is 0. The van der Waals surface area contributed by atoms with E-state index in [1.165, 1.54) is 17.4 Å². The Morgan fingerprint density at radius 3 is 2.33 bits per heavy atom. The Balaban J connectivity index is 2.39. The number of halogens is 2. The molecule has 0 bridgehead atoms. The molecular formula is C15H15ClFNO2S. The number of rotatable bonds is 4. The smallest absolute Gasteiger partial charge is 0.207 e. The Morgan fingerprint density at radius 1 is 1.14 bits per heavy atom. The Kier molecular flexibility index (Phi) is 4.66. The standard InChI is InChI=1S/C15H15ClFNO2S/c1-11(12-6-4-3-5-7-12)18(2)21(19,20)15-9-8-13(17)10-14(15)16/h3-11H,1-2H3. The van der Waals surface area contributed by atoms with Gasteiger partial charge in [0.25, 0.3) is 0 Å². The first-order valence-corrected chi connectivity index (χ1v) is 8.14. The van der Waals surface area contributed by atoms with Crippen molar-refractivity contribution >= 4 is 21.6 Å². The van der Waals surface area contributed by atoms with E-state index >= 15 is 0 Å². The van der Waals surface area contributed by atoms with E-state index < -0.39 is 15.8 Å². The van der Waals surface area contributed by atoms with Crippen molar-refractivity contribution in [3.8, 4) is 0 Å². The molecule has 0 spiro atoms. The van der Waals surface area contributed by atoms with Gasteiger partial charge >= 0.3 is 0 Å². The van der Waals surface area contributed by atoms with Gasteiger partial charge in [-0.1, -0.05) is 41.9 Å². The first-order valence-electron chi connectivity index (χ1n) is 6.32. The van der Waals surface area contributed by atoms with Gasteiger partial charge in [-0.25, -0.2) is 12.8 Å². The molecule has 21 heavy (non-hydrogen) atoms. The quantitative estimate of drug-likeness (QED) is 0.855. The summed E-state index contributed by atoms with van der Waals surface area (Å²) in [5, 5.41) is -0.123. The molecule has 112 valence electrons. The van der Waals surface area contributed by atoms with Crippen LogP contribution >= 0.6 is 11.6 Å². The van der Waals surface area contributed by atoms with Gasteiger partial charge in [0.2, 0.25) is 10.0 Å². The Hall–Kier alpha value is -1.43. The van der Waals surface area contributed by atoms with Crippen LogP contribution in [0.3, 0.4) is 0 Å². The van der Waals surface area contributed by atoms with Crippen LogP contribution in [-0.4, -0.2) is 19.8 Å². The fourth-order valence-electron chi connectivity index (χ4n) is 1.99. The van der Waals surface area contributed by atoms with Crippen molar-refractivity contribution in [1.82, 2.24) is 4.31 Å².